The average molecular weight is 408 g/mol. The second-order valence-electron chi connectivity index (χ2n) is 7.14. The van der Waals surface area contributed by atoms with Crippen LogP contribution in [0, 0.1) is 10.7 Å². The smallest absolute Gasteiger partial charge is 0.266 e. The summed E-state index contributed by atoms with van der Waals surface area (Å²) in [5.41, 5.74) is 6.78. The zero-order valence-corrected chi connectivity index (χ0v) is 16.4. The van der Waals surface area contributed by atoms with Crippen LogP contribution < -0.4 is 11.3 Å². The summed E-state index contributed by atoms with van der Waals surface area (Å²) in [5, 5.41) is 0.450. The number of hydrogen-bond acceptors (Lipinski definition) is 4. The number of nitrogens with one attached hydrogen (secondary N) is 1. The predicted molar refractivity (Wildman–Crippen MR) is 113 cm³/mol. The molecule has 0 bridgehead atoms. The number of nitrogens with zero attached hydrogens (tertiary/aromatic N) is 2. The number of nitrogens with two attached hydrogens (primary N) is 1. The number of H-pyrrole nitrogens is 1. The molecule has 0 saturated carbocycles. The van der Waals surface area contributed by atoms with E-state index in [0.717, 1.165) is 0 Å². The Morgan fingerprint density at radius 1 is 1.07 bits per heavy atom. The lowest BCUT2D eigenvalue weighted by Gasteiger charge is -2.30. The van der Waals surface area contributed by atoms with Crippen LogP contribution in [0.1, 0.15) is 23.2 Å². The van der Waals surface area contributed by atoms with Gasteiger partial charge in [-0.05, 0) is 55.4 Å². The highest BCUT2D eigenvalue weighted by Gasteiger charge is 2.26. The number of carbonyl (C=O) groups is 2. The van der Waals surface area contributed by atoms with Crippen molar-refractivity contribution in [2.45, 2.75) is 12.8 Å². The summed E-state index contributed by atoms with van der Waals surface area (Å²) in [4.78, 5) is 41.9. The van der Waals surface area contributed by atoms with Crippen molar-refractivity contribution in [2.24, 2.45) is 11.7 Å². The Hall–Kier alpha value is -3.26. The van der Waals surface area contributed by atoms with E-state index in [-0.39, 0.29) is 28.1 Å². The van der Waals surface area contributed by atoms with Gasteiger partial charge in [0.25, 0.3) is 11.5 Å². The van der Waals surface area contributed by atoms with E-state index in [0.29, 0.717) is 48.1 Å². The maximum atomic E-state index is 13.0. The van der Waals surface area contributed by atoms with E-state index in [4.69, 9.17) is 18.0 Å². The Kier molecular flexibility index (Phi) is 5.02. The SMILES string of the molecule is NC(=O)C1CCN(C(=O)c2ccc3c(=O)n(-c4ccccc4)c(=S)[nH]c3c2)CC1. The third kappa shape index (κ3) is 3.58. The predicted octanol–water partition coefficient (Wildman–Crippen LogP) is 2.39. The quantitative estimate of drug-likeness (QED) is 0.650. The summed E-state index contributed by atoms with van der Waals surface area (Å²) in [7, 11) is 0. The van der Waals surface area contributed by atoms with Crippen LogP contribution in [-0.4, -0.2) is 39.4 Å². The molecule has 3 N–H and O–H groups in total. The monoisotopic (exact) mass is 408 g/mol. The van der Waals surface area contributed by atoms with Crippen LogP contribution in [0.25, 0.3) is 16.6 Å². The number of rotatable bonds is 3. The molecule has 2 heterocycles. The van der Waals surface area contributed by atoms with Crippen LogP contribution in [-0.2, 0) is 4.79 Å². The largest absolute Gasteiger partial charge is 0.369 e. The first-order valence-electron chi connectivity index (χ1n) is 9.39. The average Bonchev–Trinajstić information content (AvgIpc) is 2.73. The van der Waals surface area contributed by atoms with Gasteiger partial charge in [-0.15, -0.1) is 0 Å². The van der Waals surface area contributed by atoms with Crippen LogP contribution in [0.3, 0.4) is 0 Å². The van der Waals surface area contributed by atoms with Gasteiger partial charge in [-0.25, -0.2) is 0 Å². The first kappa shape index (κ1) is 19.1. The van der Waals surface area contributed by atoms with Crippen molar-refractivity contribution in [2.75, 3.05) is 13.1 Å². The van der Waals surface area contributed by atoms with Gasteiger partial charge in [0, 0.05) is 24.6 Å². The number of amides is 2. The fraction of sp³-hybridized carbons (Fsp3) is 0.238. The van der Waals surface area contributed by atoms with Crippen LogP contribution in [0.15, 0.2) is 53.3 Å². The van der Waals surface area contributed by atoms with E-state index in [9.17, 15) is 14.4 Å². The molecule has 2 aromatic carbocycles. The minimum Gasteiger partial charge on any atom is -0.369 e. The molecule has 8 heteroatoms. The molecule has 29 heavy (non-hydrogen) atoms. The molecule has 0 atom stereocenters. The molecule has 7 nitrogen and oxygen atoms in total. The molecule has 0 unspecified atom stereocenters. The van der Waals surface area contributed by atoms with Crippen molar-refractivity contribution >= 4 is 34.9 Å². The van der Waals surface area contributed by atoms with Gasteiger partial charge in [0.15, 0.2) is 4.77 Å². The number of aromatic amines is 1. The molecular formula is C21H20N4O3S. The summed E-state index contributed by atoms with van der Waals surface area (Å²) < 4.78 is 1.70. The van der Waals surface area contributed by atoms with Crippen LogP contribution in [0.5, 0.6) is 0 Å². The number of fused-ring (bicyclic) bond motifs is 1. The number of benzene rings is 2. The van der Waals surface area contributed by atoms with Crippen LogP contribution in [0.4, 0.5) is 0 Å². The Morgan fingerprint density at radius 3 is 2.41 bits per heavy atom. The molecule has 3 aromatic rings. The number of piperidine rings is 1. The Bertz CT molecular complexity index is 1210. The Morgan fingerprint density at radius 2 is 1.76 bits per heavy atom. The zero-order chi connectivity index (χ0) is 20.5. The zero-order valence-electron chi connectivity index (χ0n) is 15.6. The lowest BCUT2D eigenvalue weighted by molar-refractivity contribution is -0.123. The van der Waals surface area contributed by atoms with Crippen molar-refractivity contribution < 1.29 is 9.59 Å². The number of para-hydroxylation sites is 1. The second-order valence-corrected chi connectivity index (χ2v) is 7.52. The molecular weight excluding hydrogens is 388 g/mol. The minimum absolute atomic E-state index is 0.138. The molecule has 1 fully saturated rings. The molecule has 4 rings (SSSR count). The van der Waals surface area contributed by atoms with Gasteiger partial charge in [0.05, 0.1) is 16.6 Å². The summed E-state index contributed by atoms with van der Waals surface area (Å²) in [6, 6.07) is 14.1. The summed E-state index contributed by atoms with van der Waals surface area (Å²) in [6.07, 6.45) is 1.14. The second kappa shape index (κ2) is 7.63. The number of hydrogen-bond donors (Lipinski definition) is 2. The van der Waals surface area contributed by atoms with E-state index in [2.05, 4.69) is 4.98 Å². The van der Waals surface area contributed by atoms with E-state index >= 15 is 0 Å². The van der Waals surface area contributed by atoms with Gasteiger partial charge < -0.3 is 15.6 Å². The third-order valence-electron chi connectivity index (χ3n) is 5.34. The van der Waals surface area contributed by atoms with Gasteiger partial charge in [0.2, 0.25) is 5.91 Å². The molecule has 1 aliphatic heterocycles. The van der Waals surface area contributed by atoms with Crippen LogP contribution >= 0.6 is 12.2 Å². The number of primary amides is 1. The van der Waals surface area contributed by atoms with Crippen molar-refractivity contribution in [3.63, 3.8) is 0 Å². The van der Waals surface area contributed by atoms with Gasteiger partial charge >= 0.3 is 0 Å². The molecule has 148 valence electrons. The van der Waals surface area contributed by atoms with Crippen molar-refractivity contribution in [1.82, 2.24) is 14.5 Å². The number of aromatic nitrogens is 2. The van der Waals surface area contributed by atoms with Gasteiger partial charge in [-0.3, -0.25) is 19.0 Å². The van der Waals surface area contributed by atoms with E-state index in [1.807, 2.05) is 30.3 Å². The van der Waals surface area contributed by atoms with Crippen molar-refractivity contribution in [3.05, 3.63) is 69.2 Å². The molecule has 1 saturated heterocycles. The minimum atomic E-state index is -0.315. The summed E-state index contributed by atoms with van der Waals surface area (Å²) in [5.74, 6) is -0.630. The Balaban J connectivity index is 1.67. The highest BCUT2D eigenvalue weighted by Crippen LogP contribution is 2.20. The summed E-state index contributed by atoms with van der Waals surface area (Å²) >= 11 is 5.39. The first-order chi connectivity index (χ1) is 14.0. The fourth-order valence-corrected chi connectivity index (χ4v) is 4.01. The normalized spacial score (nSPS) is 14.8. The van der Waals surface area contributed by atoms with Crippen LogP contribution in [0.2, 0.25) is 0 Å². The fourth-order valence-electron chi connectivity index (χ4n) is 3.71. The molecule has 0 aliphatic carbocycles. The van der Waals surface area contributed by atoms with E-state index in [1.165, 1.54) is 4.57 Å². The lowest BCUT2D eigenvalue weighted by Crippen LogP contribution is -2.41. The standard InChI is InChI=1S/C21H20N4O3S/c22-18(26)13-8-10-24(11-9-13)19(27)14-6-7-16-17(12-14)23-21(29)25(20(16)28)15-4-2-1-3-5-15/h1-7,12-13H,8-11H2,(H2,22,26)(H,23,29). The van der Waals surface area contributed by atoms with Gasteiger partial charge in [-0.2, -0.15) is 0 Å². The highest BCUT2D eigenvalue weighted by atomic mass is 32.1. The molecule has 0 spiro atoms. The van der Waals surface area contributed by atoms with E-state index < -0.39 is 0 Å². The maximum absolute atomic E-state index is 13.0. The number of likely N-dealkylation sites (tertiary alicyclic amines) is 1. The molecule has 0 radical (unpaired) electrons. The van der Waals surface area contributed by atoms with E-state index in [1.54, 1.807) is 23.1 Å². The molecule has 1 aliphatic rings. The Labute approximate surface area is 171 Å². The van der Waals surface area contributed by atoms with Crippen molar-refractivity contribution in [3.8, 4) is 5.69 Å². The summed E-state index contributed by atoms with van der Waals surface area (Å²) in [6.45, 7) is 0.964. The first-order valence-corrected chi connectivity index (χ1v) is 9.79. The topological polar surface area (TPSA) is 101 Å². The maximum Gasteiger partial charge on any atom is 0.266 e. The van der Waals surface area contributed by atoms with Gasteiger partial charge in [-0.1, -0.05) is 18.2 Å². The van der Waals surface area contributed by atoms with Gasteiger partial charge in [0.1, 0.15) is 0 Å². The highest BCUT2D eigenvalue weighted by molar-refractivity contribution is 7.71. The molecule has 1 aromatic heterocycles. The third-order valence-corrected chi connectivity index (χ3v) is 5.63. The number of carbonyl (C=O) groups excluding carboxylic acids is 2. The molecule has 2 amide bonds. The van der Waals surface area contributed by atoms with Crippen molar-refractivity contribution in [1.29, 1.82) is 0 Å². The lowest BCUT2D eigenvalue weighted by atomic mass is 9.96.